The number of pyridine rings is 1. The van der Waals surface area contributed by atoms with Crippen molar-refractivity contribution in [3.63, 3.8) is 0 Å². The molecular weight excluding hydrogens is 426 g/mol. The van der Waals surface area contributed by atoms with Gasteiger partial charge in [0.25, 0.3) is 0 Å². The van der Waals surface area contributed by atoms with E-state index in [9.17, 15) is 13.6 Å². The zero-order valence-electron chi connectivity index (χ0n) is 17.4. The molecule has 2 aromatic carbocycles. The van der Waals surface area contributed by atoms with Crippen LogP contribution >= 0.6 is 0 Å². The molecule has 0 aliphatic heterocycles. The molecule has 0 fully saturated rings. The SMILES string of the molecule is O=C(/C=C/c1cn(-c2ccccc2)nc1-c1cccnc1)NCc1ccccc1OC(F)F. The molecule has 0 bridgehead atoms. The summed E-state index contributed by atoms with van der Waals surface area (Å²) in [6.07, 6.45) is 8.24. The van der Waals surface area contributed by atoms with Crippen molar-refractivity contribution in [3.05, 3.63) is 103 Å². The lowest BCUT2D eigenvalue weighted by Gasteiger charge is -2.10. The summed E-state index contributed by atoms with van der Waals surface area (Å²) >= 11 is 0. The lowest BCUT2D eigenvalue weighted by Crippen LogP contribution is -2.21. The van der Waals surface area contributed by atoms with Crippen LogP contribution < -0.4 is 10.1 Å². The maximum Gasteiger partial charge on any atom is 0.387 e. The van der Waals surface area contributed by atoms with Gasteiger partial charge in [0.15, 0.2) is 0 Å². The van der Waals surface area contributed by atoms with E-state index >= 15 is 0 Å². The van der Waals surface area contributed by atoms with Crippen molar-refractivity contribution in [2.45, 2.75) is 13.2 Å². The fraction of sp³-hybridized carbons (Fsp3) is 0.0800. The number of nitrogens with zero attached hydrogens (tertiary/aromatic N) is 3. The molecule has 4 rings (SSSR count). The van der Waals surface area contributed by atoms with E-state index in [1.165, 1.54) is 12.1 Å². The van der Waals surface area contributed by atoms with E-state index in [2.05, 4.69) is 20.1 Å². The van der Waals surface area contributed by atoms with Crippen LogP contribution in [0.1, 0.15) is 11.1 Å². The highest BCUT2D eigenvalue weighted by molar-refractivity contribution is 5.92. The summed E-state index contributed by atoms with van der Waals surface area (Å²) < 4.78 is 31.4. The molecule has 1 amide bonds. The predicted octanol–water partition coefficient (Wildman–Crippen LogP) is 4.87. The number of halogens is 2. The van der Waals surface area contributed by atoms with Crippen LogP contribution in [0.2, 0.25) is 0 Å². The Bertz CT molecular complexity index is 1240. The molecule has 1 N–H and O–H groups in total. The lowest BCUT2D eigenvalue weighted by molar-refractivity contribution is -0.116. The van der Waals surface area contributed by atoms with E-state index in [1.807, 2.05) is 48.7 Å². The Balaban J connectivity index is 1.53. The van der Waals surface area contributed by atoms with Gasteiger partial charge < -0.3 is 10.1 Å². The third-order valence-electron chi connectivity index (χ3n) is 4.75. The Morgan fingerprint density at radius 3 is 2.61 bits per heavy atom. The first kappa shape index (κ1) is 21.9. The Hall–Kier alpha value is -4.33. The first-order valence-electron chi connectivity index (χ1n) is 10.1. The summed E-state index contributed by atoms with van der Waals surface area (Å²) in [5.74, 6) is -0.355. The van der Waals surface area contributed by atoms with Crippen LogP contribution in [0.15, 0.2) is 91.4 Å². The molecule has 0 saturated carbocycles. The number of hydrogen-bond donors (Lipinski definition) is 1. The van der Waals surface area contributed by atoms with Gasteiger partial charge in [0.05, 0.1) is 5.69 Å². The van der Waals surface area contributed by atoms with Crippen LogP contribution in [0.4, 0.5) is 8.78 Å². The molecule has 0 atom stereocenters. The minimum atomic E-state index is -2.94. The van der Waals surface area contributed by atoms with Crippen molar-refractivity contribution < 1.29 is 18.3 Å². The van der Waals surface area contributed by atoms with Crippen LogP contribution in [-0.2, 0) is 11.3 Å². The maximum atomic E-state index is 12.6. The van der Waals surface area contributed by atoms with Crippen molar-refractivity contribution in [2.75, 3.05) is 0 Å². The predicted molar refractivity (Wildman–Crippen MR) is 121 cm³/mol. The molecule has 166 valence electrons. The third-order valence-corrected chi connectivity index (χ3v) is 4.75. The summed E-state index contributed by atoms with van der Waals surface area (Å²) in [6.45, 7) is -2.89. The number of nitrogens with one attached hydrogen (secondary N) is 1. The van der Waals surface area contributed by atoms with Gasteiger partial charge in [0.2, 0.25) is 5.91 Å². The normalized spacial score (nSPS) is 11.1. The number of hydrogen-bond acceptors (Lipinski definition) is 4. The number of carbonyl (C=O) groups is 1. The van der Waals surface area contributed by atoms with Crippen LogP contribution in [0, 0.1) is 0 Å². The molecule has 0 aliphatic carbocycles. The number of alkyl halides is 2. The van der Waals surface area contributed by atoms with Crippen LogP contribution in [0.5, 0.6) is 5.75 Å². The lowest BCUT2D eigenvalue weighted by atomic mass is 10.1. The number of para-hydroxylation sites is 2. The highest BCUT2D eigenvalue weighted by Crippen LogP contribution is 2.24. The zero-order chi connectivity index (χ0) is 23.0. The third kappa shape index (κ3) is 5.68. The van der Waals surface area contributed by atoms with Gasteiger partial charge in [-0.15, -0.1) is 0 Å². The highest BCUT2D eigenvalue weighted by atomic mass is 19.3. The smallest absolute Gasteiger partial charge is 0.387 e. The van der Waals surface area contributed by atoms with Crippen molar-refractivity contribution >= 4 is 12.0 Å². The van der Waals surface area contributed by atoms with Gasteiger partial charge in [-0.3, -0.25) is 9.78 Å². The molecule has 4 aromatic rings. The van der Waals surface area contributed by atoms with Gasteiger partial charge in [0.1, 0.15) is 11.4 Å². The maximum absolute atomic E-state index is 12.6. The second-order valence-electron chi connectivity index (χ2n) is 6.99. The first-order valence-corrected chi connectivity index (χ1v) is 10.1. The standard InChI is InChI=1S/C25H20F2N4O2/c26-25(27)33-22-11-5-4-7-18(22)16-29-23(32)13-12-20-17-31(21-9-2-1-3-10-21)30-24(20)19-8-6-14-28-15-19/h1-15,17,25H,16H2,(H,29,32)/b13-12+. The van der Waals surface area contributed by atoms with E-state index in [-0.39, 0.29) is 18.2 Å². The second kappa shape index (κ2) is 10.3. The molecule has 2 heterocycles. The van der Waals surface area contributed by atoms with E-state index < -0.39 is 6.61 Å². The first-order chi connectivity index (χ1) is 16.1. The summed E-state index contributed by atoms with van der Waals surface area (Å²) in [6, 6.07) is 19.6. The minimum Gasteiger partial charge on any atom is -0.434 e. The quantitative estimate of drug-likeness (QED) is 0.392. The molecular formula is C25H20F2N4O2. The summed E-state index contributed by atoms with van der Waals surface area (Å²) in [5, 5.41) is 7.36. The van der Waals surface area contributed by atoms with Gasteiger partial charge in [-0.05, 0) is 36.4 Å². The molecule has 0 unspecified atom stereocenters. The Kier molecular flexibility index (Phi) is 6.84. The molecule has 2 aromatic heterocycles. The van der Waals surface area contributed by atoms with E-state index in [0.717, 1.165) is 16.8 Å². The molecule has 6 nitrogen and oxygen atoms in total. The van der Waals surface area contributed by atoms with Gasteiger partial charge in [-0.2, -0.15) is 13.9 Å². The average Bonchev–Trinajstić information content (AvgIpc) is 3.27. The summed E-state index contributed by atoms with van der Waals surface area (Å²) in [7, 11) is 0. The molecule has 8 heteroatoms. The van der Waals surface area contributed by atoms with E-state index in [0.29, 0.717) is 11.3 Å². The van der Waals surface area contributed by atoms with E-state index in [1.54, 1.807) is 41.4 Å². The Labute approximate surface area is 189 Å². The highest BCUT2D eigenvalue weighted by Gasteiger charge is 2.12. The fourth-order valence-corrected chi connectivity index (χ4v) is 3.22. The molecule has 0 radical (unpaired) electrons. The van der Waals surface area contributed by atoms with Gasteiger partial charge >= 0.3 is 6.61 Å². The Morgan fingerprint density at radius 1 is 1.06 bits per heavy atom. The molecule has 33 heavy (non-hydrogen) atoms. The Morgan fingerprint density at radius 2 is 1.85 bits per heavy atom. The largest absolute Gasteiger partial charge is 0.434 e. The second-order valence-corrected chi connectivity index (χ2v) is 6.99. The molecule has 0 spiro atoms. The average molecular weight is 446 g/mol. The van der Waals surface area contributed by atoms with E-state index in [4.69, 9.17) is 0 Å². The van der Waals surface area contributed by atoms with Crippen molar-refractivity contribution in [1.82, 2.24) is 20.1 Å². The number of amides is 1. The van der Waals surface area contributed by atoms with Crippen LogP contribution in [0.3, 0.4) is 0 Å². The number of ether oxygens (including phenoxy) is 1. The van der Waals surface area contributed by atoms with Crippen LogP contribution in [0.25, 0.3) is 23.0 Å². The monoisotopic (exact) mass is 446 g/mol. The number of rotatable bonds is 8. The minimum absolute atomic E-state index is 0.0276. The topological polar surface area (TPSA) is 69.0 Å². The number of carbonyl (C=O) groups excluding carboxylic acids is 1. The summed E-state index contributed by atoms with van der Waals surface area (Å²) in [5.41, 5.74) is 3.54. The number of benzene rings is 2. The molecule has 0 saturated heterocycles. The zero-order valence-corrected chi connectivity index (χ0v) is 17.4. The number of aromatic nitrogens is 3. The van der Waals surface area contributed by atoms with Gasteiger partial charge in [-0.1, -0.05) is 36.4 Å². The van der Waals surface area contributed by atoms with Gasteiger partial charge in [-0.25, -0.2) is 4.68 Å². The van der Waals surface area contributed by atoms with Crippen molar-refractivity contribution in [2.24, 2.45) is 0 Å². The fourth-order valence-electron chi connectivity index (χ4n) is 3.22. The van der Waals surface area contributed by atoms with Crippen molar-refractivity contribution in [3.8, 4) is 22.7 Å². The summed E-state index contributed by atoms with van der Waals surface area (Å²) in [4.78, 5) is 16.6. The van der Waals surface area contributed by atoms with Gasteiger partial charge in [0, 0.05) is 47.9 Å². The van der Waals surface area contributed by atoms with Crippen molar-refractivity contribution in [1.29, 1.82) is 0 Å². The molecule has 0 aliphatic rings. The van der Waals surface area contributed by atoms with Crippen LogP contribution in [-0.4, -0.2) is 27.3 Å².